The van der Waals surface area contributed by atoms with E-state index < -0.39 is 0 Å². The number of anilines is 2. The molecule has 1 atom stereocenters. The number of nitrogens with one attached hydrogen (secondary N) is 1. The number of nitrogens with zero attached hydrogens (tertiary/aromatic N) is 3. The van der Waals surface area contributed by atoms with Gasteiger partial charge in [-0.05, 0) is 31.0 Å². The molecule has 2 saturated heterocycles. The zero-order valence-electron chi connectivity index (χ0n) is 13.6. The summed E-state index contributed by atoms with van der Waals surface area (Å²) in [6.45, 7) is 1.63. The van der Waals surface area contributed by atoms with Crippen molar-refractivity contribution in [1.29, 1.82) is 0 Å². The minimum absolute atomic E-state index is 0.0387. The molecule has 1 N–H and O–H groups in total. The van der Waals surface area contributed by atoms with E-state index >= 15 is 0 Å². The maximum absolute atomic E-state index is 12.7. The average molecular weight is 358 g/mol. The van der Waals surface area contributed by atoms with Crippen LogP contribution in [0, 0.1) is 0 Å². The van der Waals surface area contributed by atoms with E-state index in [1.807, 2.05) is 28.5 Å². The van der Waals surface area contributed by atoms with Crippen LogP contribution in [0.1, 0.15) is 23.9 Å². The number of likely N-dealkylation sites (tertiary alicyclic amines) is 1. The molecule has 2 aromatic rings. The number of aromatic nitrogens is 1. The fraction of sp³-hybridized carbons (Fsp3) is 0.353. The summed E-state index contributed by atoms with van der Waals surface area (Å²) >= 11 is 1.58. The van der Waals surface area contributed by atoms with Crippen LogP contribution in [0.15, 0.2) is 35.8 Å². The number of ether oxygens (including phenoxy) is 1. The smallest absolute Gasteiger partial charge is 0.414 e. The monoisotopic (exact) mass is 358 g/mol. The van der Waals surface area contributed by atoms with Gasteiger partial charge in [-0.25, -0.2) is 14.6 Å². The largest absolute Gasteiger partial charge is 0.447 e. The minimum Gasteiger partial charge on any atom is -0.447 e. The highest BCUT2D eigenvalue weighted by molar-refractivity contribution is 7.09. The molecule has 25 heavy (non-hydrogen) atoms. The highest BCUT2D eigenvalue weighted by Crippen LogP contribution is 2.33. The van der Waals surface area contributed by atoms with Gasteiger partial charge in [0.2, 0.25) is 0 Å². The van der Waals surface area contributed by atoms with Crippen molar-refractivity contribution < 1.29 is 14.3 Å². The number of hydrogen-bond acceptors (Lipinski definition) is 5. The summed E-state index contributed by atoms with van der Waals surface area (Å²) in [6, 6.07) is 7.15. The predicted octanol–water partition coefficient (Wildman–Crippen LogP) is 3.47. The average Bonchev–Trinajstić information content (AvgIpc) is 3.36. The van der Waals surface area contributed by atoms with Gasteiger partial charge < -0.3 is 15.0 Å². The van der Waals surface area contributed by atoms with Crippen molar-refractivity contribution in [3.8, 4) is 0 Å². The minimum atomic E-state index is -0.355. The second-order valence-electron chi connectivity index (χ2n) is 5.97. The van der Waals surface area contributed by atoms with Crippen LogP contribution in [0.25, 0.3) is 0 Å². The van der Waals surface area contributed by atoms with Crippen molar-refractivity contribution in [2.45, 2.75) is 18.9 Å². The summed E-state index contributed by atoms with van der Waals surface area (Å²) in [4.78, 5) is 32.1. The van der Waals surface area contributed by atoms with Crippen LogP contribution in [0.2, 0.25) is 0 Å². The molecule has 0 aliphatic carbocycles. The topological polar surface area (TPSA) is 74.8 Å². The van der Waals surface area contributed by atoms with Crippen LogP contribution in [0.3, 0.4) is 0 Å². The lowest BCUT2D eigenvalue weighted by Gasteiger charge is -2.23. The van der Waals surface area contributed by atoms with Crippen molar-refractivity contribution in [2.24, 2.45) is 0 Å². The van der Waals surface area contributed by atoms with E-state index in [1.54, 1.807) is 28.5 Å². The Hall–Kier alpha value is -2.61. The van der Waals surface area contributed by atoms with Gasteiger partial charge in [-0.1, -0.05) is 6.07 Å². The fourth-order valence-corrected chi connectivity index (χ4v) is 4.03. The van der Waals surface area contributed by atoms with Gasteiger partial charge in [0.25, 0.3) is 0 Å². The molecule has 2 fully saturated rings. The Bertz CT molecular complexity index is 780. The van der Waals surface area contributed by atoms with Crippen LogP contribution in [0.5, 0.6) is 0 Å². The summed E-state index contributed by atoms with van der Waals surface area (Å²) in [5.41, 5.74) is 1.38. The molecular formula is C17H18N4O3S. The fourth-order valence-electron chi connectivity index (χ4n) is 3.24. The first-order chi connectivity index (χ1) is 12.2. The molecular weight excluding hydrogens is 340 g/mol. The molecule has 8 heteroatoms. The molecule has 0 bridgehead atoms. The van der Waals surface area contributed by atoms with Gasteiger partial charge >= 0.3 is 12.1 Å². The molecule has 3 heterocycles. The maximum Gasteiger partial charge on any atom is 0.414 e. The molecule has 130 valence electrons. The van der Waals surface area contributed by atoms with Gasteiger partial charge in [-0.3, -0.25) is 4.90 Å². The number of cyclic esters (lactones) is 1. The lowest BCUT2D eigenvalue weighted by atomic mass is 10.2. The van der Waals surface area contributed by atoms with Gasteiger partial charge in [0.05, 0.1) is 12.6 Å². The second kappa shape index (κ2) is 6.72. The SMILES string of the molecule is O=C1OCCN1c1cccc(NC(=O)N2CCC[C@@H]2c2nccs2)c1. The molecule has 1 aromatic heterocycles. The number of carbonyl (C=O) groups excluding carboxylic acids is 2. The van der Waals surface area contributed by atoms with Crippen LogP contribution < -0.4 is 10.2 Å². The third-order valence-corrected chi connectivity index (χ3v) is 5.30. The van der Waals surface area contributed by atoms with E-state index in [2.05, 4.69) is 10.3 Å². The van der Waals surface area contributed by atoms with Gasteiger partial charge in [-0.2, -0.15) is 0 Å². The predicted molar refractivity (Wildman–Crippen MR) is 94.9 cm³/mol. The normalized spacial score (nSPS) is 20.0. The van der Waals surface area contributed by atoms with Gasteiger partial charge in [-0.15, -0.1) is 11.3 Å². The van der Waals surface area contributed by atoms with Crippen LogP contribution in [-0.2, 0) is 4.74 Å². The first kappa shape index (κ1) is 15.9. The molecule has 3 amide bonds. The number of hydrogen-bond donors (Lipinski definition) is 1. The van der Waals surface area contributed by atoms with E-state index in [9.17, 15) is 9.59 Å². The summed E-state index contributed by atoms with van der Waals surface area (Å²) in [5, 5.41) is 5.85. The molecule has 0 radical (unpaired) electrons. The molecule has 0 spiro atoms. The van der Waals surface area contributed by atoms with Crippen LogP contribution >= 0.6 is 11.3 Å². The van der Waals surface area contributed by atoms with Crippen LogP contribution in [0.4, 0.5) is 21.0 Å². The Labute approximate surface area is 149 Å². The lowest BCUT2D eigenvalue weighted by molar-refractivity contribution is 0.181. The number of rotatable bonds is 3. The first-order valence-electron chi connectivity index (χ1n) is 8.24. The third-order valence-electron chi connectivity index (χ3n) is 4.42. The molecule has 1 aromatic carbocycles. The lowest BCUT2D eigenvalue weighted by Crippen LogP contribution is -2.34. The van der Waals surface area contributed by atoms with Gasteiger partial charge in [0, 0.05) is 29.5 Å². The quantitative estimate of drug-likeness (QED) is 0.912. The van der Waals surface area contributed by atoms with E-state index in [0.29, 0.717) is 25.4 Å². The number of urea groups is 1. The Balaban J connectivity index is 1.48. The zero-order valence-corrected chi connectivity index (χ0v) is 14.4. The maximum atomic E-state index is 12.7. The van der Waals surface area contributed by atoms with E-state index in [0.717, 1.165) is 23.5 Å². The highest BCUT2D eigenvalue weighted by Gasteiger charge is 2.32. The molecule has 4 rings (SSSR count). The number of benzene rings is 1. The Kier molecular flexibility index (Phi) is 4.27. The van der Waals surface area contributed by atoms with Crippen LogP contribution in [-0.4, -0.2) is 41.7 Å². The first-order valence-corrected chi connectivity index (χ1v) is 9.12. The van der Waals surface area contributed by atoms with Crippen molar-refractivity contribution in [2.75, 3.05) is 29.9 Å². The second-order valence-corrected chi connectivity index (χ2v) is 6.89. The van der Waals surface area contributed by atoms with Crippen molar-refractivity contribution >= 4 is 34.8 Å². The Morgan fingerprint density at radius 2 is 2.28 bits per heavy atom. The van der Waals surface area contributed by atoms with Crippen molar-refractivity contribution in [1.82, 2.24) is 9.88 Å². The molecule has 2 aliphatic heterocycles. The summed E-state index contributed by atoms with van der Waals surface area (Å²) in [5.74, 6) is 0. The van der Waals surface area contributed by atoms with Crippen molar-refractivity contribution in [3.63, 3.8) is 0 Å². The van der Waals surface area contributed by atoms with E-state index in [4.69, 9.17) is 4.74 Å². The van der Waals surface area contributed by atoms with E-state index in [-0.39, 0.29) is 18.2 Å². The Morgan fingerprint density at radius 3 is 3.04 bits per heavy atom. The third kappa shape index (κ3) is 3.17. The Morgan fingerprint density at radius 1 is 1.36 bits per heavy atom. The number of thiazole rings is 1. The molecule has 0 unspecified atom stereocenters. The number of carbonyl (C=O) groups is 2. The summed E-state index contributed by atoms with van der Waals surface area (Å²) < 4.78 is 4.96. The summed E-state index contributed by atoms with van der Waals surface area (Å²) in [6.07, 6.45) is 3.32. The molecule has 2 aliphatic rings. The zero-order chi connectivity index (χ0) is 17.2. The van der Waals surface area contributed by atoms with Gasteiger partial charge in [0.15, 0.2) is 0 Å². The number of amides is 3. The van der Waals surface area contributed by atoms with Gasteiger partial charge in [0.1, 0.15) is 11.6 Å². The van der Waals surface area contributed by atoms with Crippen molar-refractivity contribution in [3.05, 3.63) is 40.8 Å². The summed E-state index contributed by atoms with van der Waals surface area (Å²) in [7, 11) is 0. The standard InChI is InChI=1S/C17H18N4O3S/c22-16(21-7-2-5-14(21)15-18-6-10-25-15)19-12-3-1-4-13(11-12)20-8-9-24-17(20)23/h1,3-4,6,10-11,14H,2,5,7-9H2,(H,19,22)/t14-/m1/s1. The molecule has 0 saturated carbocycles. The highest BCUT2D eigenvalue weighted by atomic mass is 32.1. The molecule has 7 nitrogen and oxygen atoms in total. The van der Waals surface area contributed by atoms with E-state index in [1.165, 1.54) is 0 Å².